The number of aryl methyl sites for hydroxylation is 1. The number of pyridine rings is 1. The van der Waals surface area contributed by atoms with E-state index in [0.717, 1.165) is 47.9 Å². The summed E-state index contributed by atoms with van der Waals surface area (Å²) in [5.41, 5.74) is 8.84. The number of imidazole rings is 1. The number of nitrogens with one attached hydrogen (secondary N) is 1. The zero-order valence-electron chi connectivity index (χ0n) is 17.6. The van der Waals surface area contributed by atoms with Gasteiger partial charge in [-0.05, 0) is 32.5 Å². The molecule has 5 nitrogen and oxygen atoms in total. The lowest BCUT2D eigenvalue weighted by Crippen LogP contribution is -2.08. The predicted molar refractivity (Wildman–Crippen MR) is 117 cm³/mol. The third-order valence-corrected chi connectivity index (χ3v) is 3.56. The Morgan fingerprint density at radius 3 is 2.31 bits per heavy atom. The Bertz CT molecular complexity index is 734. The summed E-state index contributed by atoms with van der Waals surface area (Å²) in [6.07, 6.45) is 4.13. The van der Waals surface area contributed by atoms with Crippen LogP contribution in [0.15, 0.2) is 30.6 Å². The molecule has 3 N–H and O–H groups in total. The summed E-state index contributed by atoms with van der Waals surface area (Å²) in [5.74, 6) is 0.507. The van der Waals surface area contributed by atoms with Crippen LogP contribution in [0, 0.1) is 0 Å². The number of unbranched alkanes of at least 4 members (excludes halogenated alkanes) is 1. The first-order chi connectivity index (χ1) is 12.8. The average Bonchev–Trinajstić information content (AvgIpc) is 3.15. The molecule has 0 fully saturated rings. The SMILES string of the molecule is CC.CC.CC.CNCCCCn1cnc2c(N)nc3ccccc3c21. The molecule has 1 aromatic carbocycles. The summed E-state index contributed by atoms with van der Waals surface area (Å²) < 4.78 is 2.19. The van der Waals surface area contributed by atoms with Crippen molar-refractivity contribution in [3.63, 3.8) is 0 Å². The summed E-state index contributed by atoms with van der Waals surface area (Å²) in [4.78, 5) is 8.85. The van der Waals surface area contributed by atoms with Crippen LogP contribution in [0.2, 0.25) is 0 Å². The van der Waals surface area contributed by atoms with Gasteiger partial charge in [-0.3, -0.25) is 0 Å². The molecular weight excluding hydrogens is 322 g/mol. The fourth-order valence-electron chi connectivity index (χ4n) is 2.56. The van der Waals surface area contributed by atoms with Crippen LogP contribution in [-0.2, 0) is 6.54 Å². The van der Waals surface area contributed by atoms with Gasteiger partial charge in [0.05, 0.1) is 17.4 Å². The van der Waals surface area contributed by atoms with E-state index in [-0.39, 0.29) is 0 Å². The smallest absolute Gasteiger partial charge is 0.152 e. The summed E-state index contributed by atoms with van der Waals surface area (Å²) >= 11 is 0. The first kappa shape index (κ1) is 23.9. The normalized spacial score (nSPS) is 9.50. The first-order valence-electron chi connectivity index (χ1n) is 9.95. The maximum atomic E-state index is 6.02. The van der Waals surface area contributed by atoms with Crippen molar-refractivity contribution in [3.05, 3.63) is 30.6 Å². The summed E-state index contributed by atoms with van der Waals surface area (Å²) in [6.45, 7) is 14.0. The zero-order valence-corrected chi connectivity index (χ0v) is 17.6. The number of nitrogen functional groups attached to an aromatic ring is 1. The van der Waals surface area contributed by atoms with Crippen molar-refractivity contribution in [2.75, 3.05) is 19.3 Å². The van der Waals surface area contributed by atoms with E-state index in [1.54, 1.807) is 0 Å². The van der Waals surface area contributed by atoms with Gasteiger partial charge >= 0.3 is 0 Å². The van der Waals surface area contributed by atoms with Gasteiger partial charge in [0.25, 0.3) is 0 Å². The van der Waals surface area contributed by atoms with E-state index in [2.05, 4.69) is 25.9 Å². The molecular formula is C21H37N5. The highest BCUT2D eigenvalue weighted by Crippen LogP contribution is 2.27. The molecule has 0 unspecified atom stereocenters. The maximum Gasteiger partial charge on any atom is 0.152 e. The molecule has 3 aromatic rings. The van der Waals surface area contributed by atoms with Crippen LogP contribution < -0.4 is 11.1 Å². The van der Waals surface area contributed by atoms with E-state index in [4.69, 9.17) is 5.73 Å². The molecule has 0 bridgehead atoms. The van der Waals surface area contributed by atoms with Crippen molar-refractivity contribution in [1.29, 1.82) is 0 Å². The number of nitrogens with zero attached hydrogens (tertiary/aromatic N) is 3. The van der Waals surface area contributed by atoms with Crippen molar-refractivity contribution >= 4 is 27.8 Å². The van der Waals surface area contributed by atoms with Crippen molar-refractivity contribution < 1.29 is 0 Å². The van der Waals surface area contributed by atoms with Gasteiger partial charge in [-0.1, -0.05) is 59.7 Å². The fourth-order valence-corrected chi connectivity index (χ4v) is 2.56. The van der Waals surface area contributed by atoms with E-state index >= 15 is 0 Å². The quantitative estimate of drug-likeness (QED) is 0.611. The van der Waals surface area contributed by atoms with Gasteiger partial charge in [-0.15, -0.1) is 0 Å². The Labute approximate surface area is 159 Å². The van der Waals surface area contributed by atoms with Gasteiger partial charge in [0, 0.05) is 11.9 Å². The van der Waals surface area contributed by atoms with Gasteiger partial charge in [0.15, 0.2) is 5.82 Å². The minimum atomic E-state index is 0.507. The van der Waals surface area contributed by atoms with E-state index in [0.29, 0.717) is 5.82 Å². The molecule has 0 saturated heterocycles. The number of nitrogens with two attached hydrogens (primary N) is 1. The molecule has 26 heavy (non-hydrogen) atoms. The van der Waals surface area contributed by atoms with Crippen molar-refractivity contribution in [2.24, 2.45) is 0 Å². The van der Waals surface area contributed by atoms with Gasteiger partial charge in [0.2, 0.25) is 0 Å². The number of anilines is 1. The van der Waals surface area contributed by atoms with Gasteiger partial charge in [0.1, 0.15) is 5.52 Å². The average molecular weight is 360 g/mol. The number of fused-ring (bicyclic) bond motifs is 3. The highest BCUT2D eigenvalue weighted by Gasteiger charge is 2.11. The maximum absolute atomic E-state index is 6.02. The Morgan fingerprint density at radius 1 is 1.00 bits per heavy atom. The molecule has 0 aliphatic heterocycles. The molecule has 0 spiro atoms. The molecule has 146 valence electrons. The topological polar surface area (TPSA) is 68.8 Å². The summed E-state index contributed by atoms with van der Waals surface area (Å²) in [7, 11) is 1.98. The summed E-state index contributed by atoms with van der Waals surface area (Å²) in [6, 6.07) is 8.07. The van der Waals surface area contributed by atoms with E-state index in [1.165, 1.54) is 0 Å². The van der Waals surface area contributed by atoms with Crippen LogP contribution in [-0.4, -0.2) is 28.1 Å². The highest BCUT2D eigenvalue weighted by atomic mass is 15.1. The Morgan fingerprint density at radius 2 is 1.65 bits per heavy atom. The Balaban J connectivity index is 0.000000948. The molecule has 0 amide bonds. The molecule has 5 heteroatoms. The second-order valence-electron chi connectivity index (χ2n) is 4.96. The minimum absolute atomic E-state index is 0.507. The van der Waals surface area contributed by atoms with E-state index in [9.17, 15) is 0 Å². The third-order valence-electron chi connectivity index (χ3n) is 3.56. The van der Waals surface area contributed by atoms with Crippen molar-refractivity contribution in [1.82, 2.24) is 19.9 Å². The van der Waals surface area contributed by atoms with Crippen LogP contribution in [0.5, 0.6) is 0 Å². The molecule has 3 rings (SSSR count). The second-order valence-corrected chi connectivity index (χ2v) is 4.96. The van der Waals surface area contributed by atoms with Crippen LogP contribution in [0.1, 0.15) is 54.4 Å². The van der Waals surface area contributed by atoms with Crippen molar-refractivity contribution in [2.45, 2.75) is 60.9 Å². The number of rotatable bonds is 5. The van der Waals surface area contributed by atoms with Crippen LogP contribution in [0.3, 0.4) is 0 Å². The molecule has 0 aliphatic rings. The number of aromatic nitrogens is 3. The summed E-state index contributed by atoms with van der Waals surface area (Å²) in [5, 5.41) is 4.28. The fraction of sp³-hybridized carbons (Fsp3) is 0.524. The zero-order chi connectivity index (χ0) is 19.9. The molecule has 2 aromatic heterocycles. The Hall–Kier alpha value is -2.14. The van der Waals surface area contributed by atoms with Crippen LogP contribution >= 0.6 is 0 Å². The Kier molecular flexibility index (Phi) is 12.9. The lowest BCUT2D eigenvalue weighted by atomic mass is 10.2. The van der Waals surface area contributed by atoms with Crippen molar-refractivity contribution in [3.8, 4) is 0 Å². The second kappa shape index (κ2) is 14.1. The third kappa shape index (κ3) is 5.99. The molecule has 0 atom stereocenters. The van der Waals surface area contributed by atoms with E-state index in [1.807, 2.05) is 73.1 Å². The molecule has 0 aliphatic carbocycles. The number of para-hydroxylation sites is 1. The number of benzene rings is 1. The van der Waals surface area contributed by atoms with E-state index < -0.39 is 0 Å². The first-order valence-corrected chi connectivity index (χ1v) is 9.95. The number of hydrogen-bond donors (Lipinski definition) is 2. The molecule has 0 radical (unpaired) electrons. The monoisotopic (exact) mass is 359 g/mol. The lowest BCUT2D eigenvalue weighted by Gasteiger charge is -2.07. The van der Waals surface area contributed by atoms with Crippen LogP contribution in [0.25, 0.3) is 21.9 Å². The molecule has 0 saturated carbocycles. The minimum Gasteiger partial charge on any atom is -0.382 e. The largest absolute Gasteiger partial charge is 0.382 e. The number of hydrogen-bond acceptors (Lipinski definition) is 4. The standard InChI is InChI=1S/C15H19N5.3C2H6/c1-17-8-4-5-9-20-10-18-13-14(20)11-6-2-3-7-12(11)19-15(13)16;3*1-2/h2-3,6-7,10,17H,4-5,8-9H2,1H3,(H2,16,19);3*1-2H3. The van der Waals surface area contributed by atoms with Gasteiger partial charge < -0.3 is 15.6 Å². The van der Waals surface area contributed by atoms with Gasteiger partial charge in [-0.2, -0.15) is 0 Å². The predicted octanol–water partition coefficient (Wildman–Crippen LogP) is 5.24. The lowest BCUT2D eigenvalue weighted by molar-refractivity contribution is 0.600. The highest BCUT2D eigenvalue weighted by molar-refractivity contribution is 6.06. The van der Waals surface area contributed by atoms with Gasteiger partial charge in [-0.25, -0.2) is 9.97 Å². The molecule has 2 heterocycles. The van der Waals surface area contributed by atoms with Crippen LogP contribution in [0.4, 0.5) is 5.82 Å².